The van der Waals surface area contributed by atoms with Gasteiger partial charge in [0.05, 0.1) is 25.6 Å². The van der Waals surface area contributed by atoms with E-state index in [2.05, 4.69) is 28.2 Å². The monoisotopic (exact) mass is 950 g/mol. The molecule has 0 saturated carbocycles. The summed E-state index contributed by atoms with van der Waals surface area (Å²) in [5.74, 6) is -8.56. The fourth-order valence-corrected chi connectivity index (χ4v) is 7.91. The number of likely N-dealkylation sites (N-methyl/N-ethyl adjacent to an activating group) is 2. The van der Waals surface area contributed by atoms with E-state index in [0.717, 1.165) is 35.5 Å². The van der Waals surface area contributed by atoms with E-state index < -0.39 is 96.8 Å². The summed E-state index contributed by atoms with van der Waals surface area (Å²) in [4.78, 5) is 119. The first-order valence-corrected chi connectivity index (χ1v) is 23.6. The molecule has 0 fully saturated rings. The first-order chi connectivity index (χ1) is 32.3. The van der Waals surface area contributed by atoms with Crippen molar-refractivity contribution in [2.45, 2.75) is 154 Å². The van der Waals surface area contributed by atoms with Crippen LogP contribution in [0, 0.1) is 0 Å². The zero-order valence-corrected chi connectivity index (χ0v) is 40.1. The van der Waals surface area contributed by atoms with Crippen molar-refractivity contribution in [3.8, 4) is 22.6 Å². The van der Waals surface area contributed by atoms with Gasteiger partial charge in [0.15, 0.2) is 5.78 Å². The van der Waals surface area contributed by atoms with Gasteiger partial charge < -0.3 is 52.1 Å². The van der Waals surface area contributed by atoms with Crippen LogP contribution in [0.1, 0.15) is 134 Å². The fourth-order valence-electron chi connectivity index (χ4n) is 7.91. The molecular weight excluding hydrogens is 879 g/mol. The molecule has 9 N–H and O–H groups in total. The lowest BCUT2D eigenvalue weighted by atomic mass is 9.92. The number of hydrogen-bond donors (Lipinski definition) is 8. The molecule has 0 radical (unpaired) electrons. The highest BCUT2D eigenvalue weighted by Crippen LogP contribution is 2.38. The van der Waals surface area contributed by atoms with Crippen LogP contribution in [0.15, 0.2) is 36.4 Å². The molecule has 1 heterocycles. The molecule has 0 saturated heterocycles. The number of nitrogens with two attached hydrogens (primary N) is 1. The Balaban J connectivity index is 1.65. The van der Waals surface area contributed by atoms with Crippen LogP contribution >= 0.6 is 0 Å². The van der Waals surface area contributed by atoms with E-state index in [9.17, 15) is 58.5 Å². The van der Waals surface area contributed by atoms with Gasteiger partial charge in [-0.05, 0) is 62.1 Å². The third-order valence-corrected chi connectivity index (χ3v) is 12.2. The largest absolute Gasteiger partial charge is 0.507 e. The molecule has 7 amide bonds. The van der Waals surface area contributed by atoms with Gasteiger partial charge >= 0.3 is 0 Å². The standard InChI is InChI=1S/C49H71N7O12/c1-6-7-8-9-10-11-12-13-14-15-16-17-18-19-42(62)55(4)37(29-57)48(67)52-30(2)46(65)51-28-43(63)56(5)44-33-21-23-39(59)35(26-33)34-24-32(20-22-38(34)58)25-36(40(60)27-41(61)45(50)64)54-47(66)31(3)53-49(44)68/h20-24,26,30-31,36-37,44,57-59H,6-19,25,27-29H2,1-5H3,(H2,50,64)(H,51,65)(H,52,67)(H,53,68)(H,54,66)/t30-,31+,36+,37-,44+/m1/s1. The predicted octanol–water partition coefficient (Wildman–Crippen LogP) is 2.75. The summed E-state index contributed by atoms with van der Waals surface area (Å²) in [5, 5.41) is 41.8. The second kappa shape index (κ2) is 28.1. The molecule has 3 rings (SSSR count). The lowest BCUT2D eigenvalue weighted by molar-refractivity contribution is -0.142. The number of Topliss-reactive ketones (excluding diaryl/α,β-unsaturated/α-hetero) is 2. The average molecular weight is 950 g/mol. The number of carbonyl (C=O) groups excluding carboxylic acids is 9. The van der Waals surface area contributed by atoms with Gasteiger partial charge in [0.25, 0.3) is 5.91 Å². The second-order valence-corrected chi connectivity index (χ2v) is 17.6. The Hall–Kier alpha value is -6.37. The molecular formula is C49H71N7O12. The highest BCUT2D eigenvalue weighted by atomic mass is 16.3. The fraction of sp³-hybridized carbons (Fsp3) is 0.571. The van der Waals surface area contributed by atoms with Crippen LogP contribution in [0.25, 0.3) is 11.1 Å². The number of amides is 7. The third kappa shape index (κ3) is 17.1. The normalized spacial score (nSPS) is 16.8. The number of unbranched alkanes of at least 4 members (excludes halogenated alkanes) is 12. The van der Waals surface area contributed by atoms with Gasteiger partial charge in [-0.3, -0.25) is 43.2 Å². The number of benzene rings is 2. The molecule has 0 unspecified atom stereocenters. The minimum absolute atomic E-state index is 0.0207. The molecule has 2 aromatic rings. The van der Waals surface area contributed by atoms with Gasteiger partial charge in [0.1, 0.15) is 35.7 Å². The van der Waals surface area contributed by atoms with Gasteiger partial charge in [-0.15, -0.1) is 0 Å². The Labute approximate surface area is 398 Å². The number of ketones is 2. The number of hydrogen-bond acceptors (Lipinski definition) is 12. The van der Waals surface area contributed by atoms with E-state index in [0.29, 0.717) is 12.0 Å². The smallest absolute Gasteiger partial charge is 0.285 e. The SMILES string of the molecule is CCCCCCCCCCCCCCCC(=O)N(C)[C@H](CO)C(=O)N[C@H](C)C(=O)NCC(=O)N(C)[C@@H]1C(=O)N[C@@H](C)C(=O)N[C@H](C(=O)CC(=O)C(N)=O)Cc2ccc(O)c(c2)-c2cc1ccc2O. The van der Waals surface area contributed by atoms with Gasteiger partial charge in [0, 0.05) is 31.6 Å². The number of nitrogens with one attached hydrogen (secondary N) is 4. The van der Waals surface area contributed by atoms with Crippen molar-refractivity contribution in [2.75, 3.05) is 27.2 Å². The van der Waals surface area contributed by atoms with Gasteiger partial charge in [-0.25, -0.2) is 0 Å². The molecule has 68 heavy (non-hydrogen) atoms. The van der Waals surface area contributed by atoms with E-state index >= 15 is 0 Å². The molecule has 0 aliphatic carbocycles. The average Bonchev–Trinajstić information content (AvgIpc) is 3.30. The maximum absolute atomic E-state index is 14.0. The molecule has 4 bridgehead atoms. The summed E-state index contributed by atoms with van der Waals surface area (Å²) < 4.78 is 0. The van der Waals surface area contributed by atoms with Crippen molar-refractivity contribution in [3.05, 3.63) is 47.5 Å². The number of rotatable bonds is 26. The van der Waals surface area contributed by atoms with E-state index in [-0.39, 0.29) is 46.9 Å². The topological polar surface area (TPSA) is 295 Å². The predicted molar refractivity (Wildman–Crippen MR) is 252 cm³/mol. The molecule has 19 nitrogen and oxygen atoms in total. The number of carbonyl (C=O) groups is 9. The van der Waals surface area contributed by atoms with Gasteiger partial charge in [0.2, 0.25) is 41.2 Å². The van der Waals surface area contributed by atoms with Crippen LogP contribution in [0.4, 0.5) is 0 Å². The van der Waals surface area contributed by atoms with Gasteiger partial charge in [-0.2, -0.15) is 0 Å². The molecule has 2 aromatic carbocycles. The Morgan fingerprint density at radius 3 is 1.90 bits per heavy atom. The summed E-state index contributed by atoms with van der Waals surface area (Å²) >= 11 is 0. The maximum atomic E-state index is 14.0. The third-order valence-electron chi connectivity index (χ3n) is 12.2. The maximum Gasteiger partial charge on any atom is 0.285 e. The summed E-state index contributed by atoms with van der Waals surface area (Å²) in [6.07, 6.45) is 14.0. The number of phenols is 2. The van der Waals surface area contributed by atoms with Crippen LogP contribution in [-0.2, 0) is 49.6 Å². The molecule has 1 aliphatic rings. The zero-order chi connectivity index (χ0) is 50.5. The summed E-state index contributed by atoms with van der Waals surface area (Å²) in [6, 6.07) is 1.30. The number of primary amides is 1. The number of aliphatic hydroxyl groups excluding tert-OH is 1. The molecule has 374 valence electrons. The van der Waals surface area contributed by atoms with Crippen LogP contribution in [0.5, 0.6) is 11.5 Å². The summed E-state index contributed by atoms with van der Waals surface area (Å²) in [7, 11) is 2.66. The van der Waals surface area contributed by atoms with Crippen molar-refractivity contribution >= 4 is 52.9 Å². The quantitative estimate of drug-likeness (QED) is 0.0384. The van der Waals surface area contributed by atoms with Gasteiger partial charge in [-0.1, -0.05) is 96.1 Å². The minimum Gasteiger partial charge on any atom is -0.507 e. The van der Waals surface area contributed by atoms with Crippen LogP contribution in [-0.4, -0.2) is 129 Å². The van der Waals surface area contributed by atoms with E-state index in [1.165, 1.54) is 116 Å². The number of fused-ring (bicyclic) bond motifs is 5. The summed E-state index contributed by atoms with van der Waals surface area (Å²) in [6.45, 7) is 3.49. The summed E-state index contributed by atoms with van der Waals surface area (Å²) in [5.41, 5.74) is 5.59. The highest BCUT2D eigenvalue weighted by Gasteiger charge is 2.34. The van der Waals surface area contributed by atoms with E-state index in [4.69, 9.17) is 5.73 Å². The number of nitrogens with zero attached hydrogens (tertiary/aromatic N) is 2. The lowest BCUT2D eigenvalue weighted by Crippen LogP contribution is -2.55. The Morgan fingerprint density at radius 2 is 1.32 bits per heavy atom. The molecule has 0 aromatic heterocycles. The van der Waals surface area contributed by atoms with E-state index in [1.54, 1.807) is 0 Å². The zero-order valence-electron chi connectivity index (χ0n) is 40.1. The Kier molecular flexibility index (Phi) is 23.1. The minimum atomic E-state index is -1.52. The van der Waals surface area contributed by atoms with Crippen LogP contribution < -0.4 is 27.0 Å². The first kappa shape index (κ1) is 56.0. The molecule has 0 spiro atoms. The number of aromatic hydroxyl groups is 2. The van der Waals surface area contributed by atoms with Crippen molar-refractivity contribution in [2.24, 2.45) is 5.73 Å². The second-order valence-electron chi connectivity index (χ2n) is 17.6. The van der Waals surface area contributed by atoms with Crippen molar-refractivity contribution in [1.29, 1.82) is 0 Å². The highest BCUT2D eigenvalue weighted by molar-refractivity contribution is 6.39. The molecule has 1 aliphatic heterocycles. The van der Waals surface area contributed by atoms with Crippen molar-refractivity contribution in [1.82, 2.24) is 31.1 Å². The lowest BCUT2D eigenvalue weighted by Gasteiger charge is -2.30. The first-order valence-electron chi connectivity index (χ1n) is 23.6. The van der Waals surface area contributed by atoms with E-state index in [1.807, 2.05) is 0 Å². The van der Waals surface area contributed by atoms with Crippen LogP contribution in [0.2, 0.25) is 0 Å². The Morgan fingerprint density at radius 1 is 0.765 bits per heavy atom. The molecule has 19 heteroatoms. The Bertz CT molecular complexity index is 2110. The van der Waals surface area contributed by atoms with Crippen LogP contribution in [0.3, 0.4) is 0 Å². The number of aliphatic hydroxyl groups is 1. The van der Waals surface area contributed by atoms with Crippen molar-refractivity contribution in [3.63, 3.8) is 0 Å². The molecule has 5 atom stereocenters. The van der Waals surface area contributed by atoms with Crippen molar-refractivity contribution < 1.29 is 58.5 Å². The number of phenolic OH excluding ortho intramolecular Hbond substituents is 2.